The van der Waals surface area contributed by atoms with Gasteiger partial charge in [-0.25, -0.2) is 4.98 Å². The van der Waals surface area contributed by atoms with E-state index < -0.39 is 0 Å². The molecule has 0 saturated heterocycles. The summed E-state index contributed by atoms with van der Waals surface area (Å²) in [5, 5.41) is 3.36. The first-order valence-electron chi connectivity index (χ1n) is 6.59. The number of nitrogens with one attached hydrogen (secondary N) is 1. The van der Waals surface area contributed by atoms with Gasteiger partial charge in [-0.3, -0.25) is 4.98 Å². The largest absolute Gasteiger partial charge is 0.380 e. The fourth-order valence-corrected chi connectivity index (χ4v) is 2.93. The third kappa shape index (κ3) is 3.60. The minimum Gasteiger partial charge on any atom is -0.380 e. The topological polar surface area (TPSA) is 37.8 Å². The minimum absolute atomic E-state index is 0.577. The third-order valence-electron chi connectivity index (χ3n) is 3.06. The zero-order chi connectivity index (χ0) is 14.7. The second-order valence-corrected chi connectivity index (χ2v) is 6.37. The van der Waals surface area contributed by atoms with Crippen molar-refractivity contribution < 1.29 is 0 Å². The fraction of sp³-hybridized carbons (Fsp3) is 0.125. The highest BCUT2D eigenvalue weighted by Gasteiger charge is 2.01. The van der Waals surface area contributed by atoms with Crippen LogP contribution >= 0.6 is 22.9 Å². The summed E-state index contributed by atoms with van der Waals surface area (Å²) in [5.74, 6) is 0. The Morgan fingerprint density at radius 2 is 1.95 bits per heavy atom. The van der Waals surface area contributed by atoms with Gasteiger partial charge in [0.15, 0.2) is 4.47 Å². The van der Waals surface area contributed by atoms with Gasteiger partial charge in [0.1, 0.15) is 0 Å². The molecule has 21 heavy (non-hydrogen) atoms. The van der Waals surface area contributed by atoms with Crippen molar-refractivity contribution in [1.29, 1.82) is 0 Å². The summed E-state index contributed by atoms with van der Waals surface area (Å²) in [6.07, 6.45) is 1.80. The Labute approximate surface area is 132 Å². The predicted molar refractivity (Wildman–Crippen MR) is 88.9 cm³/mol. The second kappa shape index (κ2) is 6.24. The molecule has 0 aliphatic heterocycles. The molecule has 0 aliphatic rings. The van der Waals surface area contributed by atoms with Crippen molar-refractivity contribution in [3.05, 3.63) is 63.7 Å². The average Bonchev–Trinajstić information content (AvgIpc) is 2.91. The van der Waals surface area contributed by atoms with E-state index in [4.69, 9.17) is 11.6 Å². The van der Waals surface area contributed by atoms with Crippen molar-refractivity contribution in [2.75, 3.05) is 5.32 Å². The molecule has 0 atom stereocenters. The van der Waals surface area contributed by atoms with E-state index in [1.165, 1.54) is 11.3 Å². The fourth-order valence-electron chi connectivity index (χ4n) is 2.02. The Morgan fingerprint density at radius 3 is 2.62 bits per heavy atom. The van der Waals surface area contributed by atoms with E-state index in [0.29, 0.717) is 4.47 Å². The van der Waals surface area contributed by atoms with E-state index in [1.54, 1.807) is 6.20 Å². The highest BCUT2D eigenvalue weighted by Crippen LogP contribution is 2.22. The van der Waals surface area contributed by atoms with Gasteiger partial charge in [-0.2, -0.15) is 0 Å². The maximum absolute atomic E-state index is 5.82. The number of pyridine rings is 1. The van der Waals surface area contributed by atoms with Crippen molar-refractivity contribution in [3.63, 3.8) is 0 Å². The first-order chi connectivity index (χ1) is 10.2. The zero-order valence-corrected chi connectivity index (χ0v) is 13.1. The number of thiazole rings is 1. The van der Waals surface area contributed by atoms with Crippen LogP contribution in [0.25, 0.3) is 11.3 Å². The lowest BCUT2D eigenvalue weighted by atomic mass is 10.1. The number of hydrogen-bond acceptors (Lipinski definition) is 4. The molecule has 0 radical (unpaired) electrons. The molecule has 0 spiro atoms. The Morgan fingerprint density at radius 1 is 1.14 bits per heavy atom. The van der Waals surface area contributed by atoms with Crippen LogP contribution < -0.4 is 5.32 Å². The number of benzene rings is 1. The minimum atomic E-state index is 0.577. The summed E-state index contributed by atoms with van der Waals surface area (Å²) in [6, 6.07) is 14.3. The van der Waals surface area contributed by atoms with E-state index in [-0.39, 0.29) is 0 Å². The van der Waals surface area contributed by atoms with Crippen LogP contribution in [0.1, 0.15) is 10.6 Å². The molecule has 1 N–H and O–H groups in total. The maximum atomic E-state index is 5.82. The van der Waals surface area contributed by atoms with Crippen molar-refractivity contribution in [3.8, 4) is 11.3 Å². The van der Waals surface area contributed by atoms with Gasteiger partial charge < -0.3 is 5.32 Å². The highest BCUT2D eigenvalue weighted by atomic mass is 35.5. The van der Waals surface area contributed by atoms with E-state index in [0.717, 1.165) is 34.1 Å². The van der Waals surface area contributed by atoms with Crippen LogP contribution in [0.5, 0.6) is 0 Å². The molecular weight excluding hydrogens is 302 g/mol. The van der Waals surface area contributed by atoms with E-state index >= 15 is 0 Å². The smallest absolute Gasteiger partial charge is 0.183 e. The highest BCUT2D eigenvalue weighted by molar-refractivity contribution is 7.15. The van der Waals surface area contributed by atoms with Gasteiger partial charge in [-0.1, -0.05) is 29.8 Å². The van der Waals surface area contributed by atoms with E-state index in [2.05, 4.69) is 39.6 Å². The van der Waals surface area contributed by atoms with Gasteiger partial charge in [0.05, 0.1) is 12.2 Å². The quantitative estimate of drug-likeness (QED) is 0.753. The molecule has 3 rings (SSSR count). The van der Waals surface area contributed by atoms with Gasteiger partial charge in [-0.15, -0.1) is 11.3 Å². The first-order valence-corrected chi connectivity index (χ1v) is 7.78. The van der Waals surface area contributed by atoms with Crippen LogP contribution in [0.15, 0.2) is 48.7 Å². The first kappa shape index (κ1) is 14.0. The Balaban J connectivity index is 1.69. The van der Waals surface area contributed by atoms with Crippen molar-refractivity contribution in [2.45, 2.75) is 13.5 Å². The SMILES string of the molecule is Cc1cccc(-c2ccc(NCc3cnc(Cl)s3)cc2)n1. The zero-order valence-electron chi connectivity index (χ0n) is 11.5. The Hall–Kier alpha value is -1.91. The molecule has 5 heteroatoms. The lowest BCUT2D eigenvalue weighted by Gasteiger charge is -2.06. The molecule has 1 aromatic carbocycles. The van der Waals surface area contributed by atoms with Gasteiger partial charge in [0.25, 0.3) is 0 Å². The summed E-state index contributed by atoms with van der Waals surface area (Å²) in [6.45, 7) is 2.73. The lowest BCUT2D eigenvalue weighted by molar-refractivity contribution is 1.17. The summed E-state index contributed by atoms with van der Waals surface area (Å²) >= 11 is 7.31. The van der Waals surface area contributed by atoms with Gasteiger partial charge >= 0.3 is 0 Å². The third-order valence-corrected chi connectivity index (χ3v) is 4.18. The van der Waals surface area contributed by atoms with Crippen LogP contribution in [0.4, 0.5) is 5.69 Å². The molecule has 3 nitrogen and oxygen atoms in total. The normalized spacial score (nSPS) is 10.6. The summed E-state index contributed by atoms with van der Waals surface area (Å²) in [7, 11) is 0. The molecule has 106 valence electrons. The van der Waals surface area contributed by atoms with Crippen molar-refractivity contribution in [2.24, 2.45) is 0 Å². The molecular formula is C16H14ClN3S. The van der Waals surface area contributed by atoms with Crippen molar-refractivity contribution >= 4 is 28.6 Å². The number of nitrogens with zero attached hydrogens (tertiary/aromatic N) is 2. The lowest BCUT2D eigenvalue weighted by Crippen LogP contribution is -1.97. The molecule has 0 aliphatic carbocycles. The number of halogens is 1. The molecule has 2 aromatic heterocycles. The molecule has 0 fully saturated rings. The molecule has 0 unspecified atom stereocenters. The number of aromatic nitrogens is 2. The number of aryl methyl sites for hydroxylation is 1. The monoisotopic (exact) mass is 315 g/mol. The molecule has 0 bridgehead atoms. The Bertz CT molecular complexity index is 737. The van der Waals surface area contributed by atoms with Gasteiger partial charge in [-0.05, 0) is 31.2 Å². The summed E-state index contributed by atoms with van der Waals surface area (Å²) in [4.78, 5) is 9.67. The summed E-state index contributed by atoms with van der Waals surface area (Å²) in [5.41, 5.74) is 4.20. The predicted octanol–water partition coefficient (Wildman–Crippen LogP) is 4.78. The Kier molecular flexibility index (Phi) is 4.18. The number of anilines is 1. The van der Waals surface area contributed by atoms with Crippen LogP contribution in [0, 0.1) is 6.92 Å². The van der Waals surface area contributed by atoms with Crippen LogP contribution in [0.2, 0.25) is 4.47 Å². The number of rotatable bonds is 4. The van der Waals surface area contributed by atoms with Crippen LogP contribution in [-0.2, 0) is 6.54 Å². The van der Waals surface area contributed by atoms with Crippen molar-refractivity contribution in [1.82, 2.24) is 9.97 Å². The molecule has 0 amide bonds. The van der Waals surface area contributed by atoms with Gasteiger partial charge in [0.2, 0.25) is 0 Å². The molecule has 3 aromatic rings. The number of hydrogen-bond donors (Lipinski definition) is 1. The maximum Gasteiger partial charge on any atom is 0.183 e. The van der Waals surface area contributed by atoms with Gasteiger partial charge in [0, 0.05) is 28.0 Å². The second-order valence-electron chi connectivity index (χ2n) is 4.67. The molecule has 2 heterocycles. The van der Waals surface area contributed by atoms with E-state index in [9.17, 15) is 0 Å². The standard InChI is InChI=1S/C16H14ClN3S/c1-11-3-2-4-15(20-11)12-5-7-13(8-6-12)18-9-14-10-19-16(17)21-14/h2-8,10,18H,9H2,1H3. The van der Waals surface area contributed by atoms with E-state index in [1.807, 2.05) is 25.1 Å². The summed E-state index contributed by atoms with van der Waals surface area (Å²) < 4.78 is 0.577. The average molecular weight is 316 g/mol. The molecule has 0 saturated carbocycles. The van der Waals surface area contributed by atoms with Crippen LogP contribution in [0.3, 0.4) is 0 Å². The van der Waals surface area contributed by atoms with Crippen LogP contribution in [-0.4, -0.2) is 9.97 Å².